The standard InChI is InChI=1S/C18H26N4O3S.C17H24N6O5/c1-18(2,3)25-17(23)22-9-7-21(8-10-22)11-12-24-14-6-4-5-13-15(14)20-16(26)19-13;1-17(2,3)28-16(24)22-9-7-21(8-10-22)11-12-27-14-6-4-5-13(19-20-18)15(14)23(25)26/h4-6H,7-12H2,1-3H3,(H2,19,20,26);4-6H,7-12H2,1-3H3. The van der Waals surface area contributed by atoms with E-state index in [1.54, 1.807) is 9.80 Å². The molecule has 2 fully saturated rings. The van der Waals surface area contributed by atoms with E-state index in [9.17, 15) is 19.7 Å². The Bertz CT molecular complexity index is 1850. The molecule has 294 valence electrons. The van der Waals surface area contributed by atoms with Crippen LogP contribution in [0.2, 0.25) is 0 Å². The highest BCUT2D eigenvalue weighted by Gasteiger charge is 2.27. The number of aromatic amines is 2. The number of carbonyl (C=O) groups is 2. The summed E-state index contributed by atoms with van der Waals surface area (Å²) in [5, 5.41) is 14.6. The minimum atomic E-state index is -0.626. The monoisotopic (exact) mass is 770 g/mol. The first-order valence-electron chi connectivity index (χ1n) is 17.7. The minimum absolute atomic E-state index is 0.0577. The molecule has 2 N–H and O–H groups in total. The third-order valence-electron chi connectivity index (χ3n) is 8.20. The van der Waals surface area contributed by atoms with Crippen molar-refractivity contribution in [1.29, 1.82) is 0 Å². The number of para-hydroxylation sites is 2. The Morgan fingerprint density at radius 3 is 1.78 bits per heavy atom. The lowest BCUT2D eigenvalue weighted by Gasteiger charge is -2.35. The summed E-state index contributed by atoms with van der Waals surface area (Å²) in [6, 6.07) is 10.2. The van der Waals surface area contributed by atoms with Gasteiger partial charge in [0.05, 0.1) is 10.4 Å². The zero-order valence-corrected chi connectivity index (χ0v) is 32.5. The number of piperazine rings is 2. The number of nitro groups is 1. The number of nitro benzene ring substituents is 1. The first kappa shape index (κ1) is 41.7. The Morgan fingerprint density at radius 2 is 1.30 bits per heavy atom. The van der Waals surface area contributed by atoms with Crippen molar-refractivity contribution in [1.82, 2.24) is 29.6 Å². The molecule has 0 saturated carbocycles. The van der Waals surface area contributed by atoms with Gasteiger partial charge in [-0.1, -0.05) is 17.2 Å². The molecule has 1 aromatic heterocycles. The lowest BCUT2D eigenvalue weighted by Crippen LogP contribution is -2.50. The number of rotatable bonds is 10. The Hall–Kier alpha value is -5.10. The molecule has 0 bridgehead atoms. The summed E-state index contributed by atoms with van der Waals surface area (Å²) in [5.74, 6) is 0.851. The Morgan fingerprint density at radius 1 is 0.815 bits per heavy atom. The van der Waals surface area contributed by atoms with Gasteiger partial charge < -0.3 is 38.7 Å². The number of ether oxygens (including phenoxy) is 4. The fourth-order valence-corrected chi connectivity index (χ4v) is 5.83. The summed E-state index contributed by atoms with van der Waals surface area (Å²) in [6.45, 7) is 18.7. The fourth-order valence-electron chi connectivity index (χ4n) is 5.62. The summed E-state index contributed by atoms with van der Waals surface area (Å²) in [5.41, 5.74) is 8.95. The number of hydrogen-bond donors (Lipinski definition) is 2. The van der Waals surface area contributed by atoms with Crippen LogP contribution in [0.4, 0.5) is 21.0 Å². The maximum atomic E-state index is 12.1. The van der Waals surface area contributed by atoms with E-state index >= 15 is 0 Å². The molecule has 2 saturated heterocycles. The highest BCUT2D eigenvalue weighted by atomic mass is 32.1. The van der Waals surface area contributed by atoms with Gasteiger partial charge >= 0.3 is 17.9 Å². The zero-order valence-electron chi connectivity index (χ0n) is 31.7. The molecule has 3 aromatic rings. The minimum Gasteiger partial charge on any atom is -0.490 e. The number of hydrogen-bond acceptors (Lipinski definition) is 12. The smallest absolute Gasteiger partial charge is 0.410 e. The number of carbonyl (C=O) groups excluding carboxylic acids is 2. The van der Waals surface area contributed by atoms with Crippen molar-refractivity contribution in [3.05, 3.63) is 61.7 Å². The molecule has 0 aliphatic carbocycles. The van der Waals surface area contributed by atoms with Crippen LogP contribution in [0, 0.1) is 14.9 Å². The predicted molar refractivity (Wildman–Crippen MR) is 205 cm³/mol. The molecule has 2 amide bonds. The number of imidazole rings is 1. The molecule has 0 unspecified atom stereocenters. The van der Waals surface area contributed by atoms with Crippen LogP contribution >= 0.6 is 12.2 Å². The molecule has 0 atom stereocenters. The SMILES string of the molecule is CC(C)(C)OC(=O)N1CCN(CCOc2cccc(N=[N+]=[N-])c2[N+](=O)[O-])CC1.CC(C)(C)OC(=O)N1CCN(CCOc2cccc3[nH]c(=S)[nH]c23)CC1. The highest BCUT2D eigenvalue weighted by molar-refractivity contribution is 7.71. The number of aromatic nitrogens is 2. The van der Waals surface area contributed by atoms with Crippen LogP contribution in [0.3, 0.4) is 0 Å². The number of fused-ring (bicyclic) bond motifs is 1. The quantitative estimate of drug-likeness (QED) is 0.0559. The first-order chi connectivity index (χ1) is 25.5. The molecular weight excluding hydrogens is 721 g/mol. The van der Waals surface area contributed by atoms with E-state index in [-0.39, 0.29) is 35.9 Å². The third kappa shape index (κ3) is 12.8. The van der Waals surface area contributed by atoms with Crippen LogP contribution in [-0.2, 0) is 9.47 Å². The van der Waals surface area contributed by atoms with Crippen molar-refractivity contribution >= 4 is 46.8 Å². The number of nitrogens with one attached hydrogen (secondary N) is 2. The molecule has 5 rings (SSSR count). The summed E-state index contributed by atoms with van der Waals surface area (Å²) in [7, 11) is 0. The molecule has 2 aliphatic rings. The third-order valence-corrected chi connectivity index (χ3v) is 8.41. The van der Waals surface area contributed by atoms with Crippen LogP contribution in [0.5, 0.6) is 11.5 Å². The number of H-pyrrole nitrogens is 2. The van der Waals surface area contributed by atoms with Crippen molar-refractivity contribution in [3.8, 4) is 11.5 Å². The van der Waals surface area contributed by atoms with Crippen molar-refractivity contribution in [2.45, 2.75) is 52.7 Å². The van der Waals surface area contributed by atoms with E-state index < -0.39 is 16.1 Å². The van der Waals surface area contributed by atoms with Crippen molar-refractivity contribution in [2.75, 3.05) is 78.7 Å². The zero-order chi connectivity index (χ0) is 39.5. The Labute approximate surface area is 319 Å². The van der Waals surface area contributed by atoms with Gasteiger partial charge in [-0.25, -0.2) is 9.59 Å². The molecule has 0 spiro atoms. The van der Waals surface area contributed by atoms with E-state index in [1.165, 1.54) is 18.2 Å². The molecule has 2 aliphatic heterocycles. The topological polar surface area (TPSA) is 207 Å². The maximum absolute atomic E-state index is 12.1. The van der Waals surface area contributed by atoms with Gasteiger partial charge in [0.25, 0.3) is 0 Å². The van der Waals surface area contributed by atoms with Crippen LogP contribution in [0.1, 0.15) is 41.5 Å². The summed E-state index contributed by atoms with van der Waals surface area (Å²) in [6.07, 6.45) is -0.559. The number of amides is 2. The average Bonchev–Trinajstić information content (AvgIpc) is 3.49. The second-order valence-electron chi connectivity index (χ2n) is 14.6. The molecule has 0 radical (unpaired) electrons. The van der Waals surface area contributed by atoms with Crippen LogP contribution in [0.15, 0.2) is 41.5 Å². The maximum Gasteiger partial charge on any atom is 0.410 e. The van der Waals surface area contributed by atoms with E-state index in [4.69, 9.17) is 36.7 Å². The second-order valence-corrected chi connectivity index (χ2v) is 15.1. The number of benzene rings is 2. The van der Waals surface area contributed by atoms with Gasteiger partial charge in [0.15, 0.2) is 10.5 Å². The van der Waals surface area contributed by atoms with Gasteiger partial charge in [-0.15, -0.1) is 0 Å². The fraction of sp³-hybridized carbons (Fsp3) is 0.571. The van der Waals surface area contributed by atoms with Gasteiger partial charge in [0.1, 0.15) is 41.4 Å². The lowest BCUT2D eigenvalue weighted by atomic mass is 10.2. The largest absolute Gasteiger partial charge is 0.490 e. The van der Waals surface area contributed by atoms with Crippen LogP contribution < -0.4 is 9.47 Å². The van der Waals surface area contributed by atoms with Crippen molar-refractivity contribution in [3.63, 3.8) is 0 Å². The molecule has 18 nitrogen and oxygen atoms in total. The lowest BCUT2D eigenvalue weighted by molar-refractivity contribution is -0.385. The number of nitrogens with zero attached hydrogens (tertiary/aromatic N) is 8. The van der Waals surface area contributed by atoms with Crippen molar-refractivity contribution in [2.24, 2.45) is 5.11 Å². The van der Waals surface area contributed by atoms with E-state index in [2.05, 4.69) is 29.8 Å². The molecule has 19 heteroatoms. The van der Waals surface area contributed by atoms with Gasteiger partial charge in [0.2, 0.25) is 0 Å². The molecule has 54 heavy (non-hydrogen) atoms. The molecule has 2 aromatic carbocycles. The van der Waals surface area contributed by atoms with Crippen LogP contribution in [-0.4, -0.2) is 137 Å². The first-order valence-corrected chi connectivity index (χ1v) is 18.1. The summed E-state index contributed by atoms with van der Waals surface area (Å²) >= 11 is 5.14. The summed E-state index contributed by atoms with van der Waals surface area (Å²) < 4.78 is 22.9. The van der Waals surface area contributed by atoms with E-state index in [1.807, 2.05) is 59.7 Å². The normalized spacial score (nSPS) is 15.4. The summed E-state index contributed by atoms with van der Waals surface area (Å²) in [4.78, 5) is 51.4. The Balaban J connectivity index is 0.000000241. The van der Waals surface area contributed by atoms with Gasteiger partial charge in [0, 0.05) is 70.4 Å². The number of azide groups is 1. The Kier molecular flexibility index (Phi) is 14.5. The van der Waals surface area contributed by atoms with Gasteiger partial charge in [-0.2, -0.15) is 0 Å². The van der Waals surface area contributed by atoms with Gasteiger partial charge in [-0.05, 0) is 83.6 Å². The highest BCUT2D eigenvalue weighted by Crippen LogP contribution is 2.36. The molecule has 3 heterocycles. The van der Waals surface area contributed by atoms with Crippen LogP contribution in [0.25, 0.3) is 21.5 Å². The second kappa shape index (κ2) is 18.8. The molecular formula is C35H50N10O8S. The van der Waals surface area contributed by atoms with Gasteiger partial charge in [-0.3, -0.25) is 19.9 Å². The van der Waals surface area contributed by atoms with Crippen molar-refractivity contribution < 1.29 is 33.5 Å². The predicted octanol–water partition coefficient (Wildman–Crippen LogP) is 6.63. The average molecular weight is 771 g/mol. The van der Waals surface area contributed by atoms with E-state index in [0.29, 0.717) is 57.2 Å². The van der Waals surface area contributed by atoms with E-state index in [0.717, 1.165) is 36.4 Å².